The normalized spacial score (nSPS) is 12.7. The summed E-state index contributed by atoms with van der Waals surface area (Å²) in [5.74, 6) is -0.239. The van der Waals surface area contributed by atoms with E-state index < -0.39 is 5.38 Å². The van der Waals surface area contributed by atoms with Crippen LogP contribution in [0.3, 0.4) is 0 Å². The van der Waals surface area contributed by atoms with Crippen molar-refractivity contribution in [3.8, 4) is 0 Å². The molecule has 1 aromatic carbocycles. The van der Waals surface area contributed by atoms with Crippen LogP contribution in [0.25, 0.3) is 11.0 Å². The molecule has 2 rings (SSSR count). The van der Waals surface area contributed by atoms with Gasteiger partial charge in [0.15, 0.2) is 0 Å². The number of carbonyl (C=O) groups is 1. The summed E-state index contributed by atoms with van der Waals surface area (Å²) < 4.78 is 8.18. The van der Waals surface area contributed by atoms with Gasteiger partial charge in [-0.3, -0.25) is 4.79 Å². The molecule has 1 aromatic heterocycles. The summed E-state index contributed by atoms with van der Waals surface area (Å²) in [6.45, 7) is 1.62. The van der Waals surface area contributed by atoms with Crippen LogP contribution in [0, 0.1) is 0 Å². The molecule has 0 radical (unpaired) electrons. The molecule has 0 saturated carbocycles. The van der Waals surface area contributed by atoms with Gasteiger partial charge in [-0.1, -0.05) is 6.07 Å². The Morgan fingerprint density at radius 2 is 2.33 bits per heavy atom. The van der Waals surface area contributed by atoms with E-state index in [1.807, 2.05) is 12.1 Å². The molecule has 15 heavy (non-hydrogen) atoms. The Labute approximate surface area is 95.6 Å². The molecule has 4 nitrogen and oxygen atoms in total. The van der Waals surface area contributed by atoms with E-state index in [4.69, 9.17) is 11.6 Å². The number of alkyl halides is 1. The molecule has 1 atom stereocenters. The summed E-state index contributed by atoms with van der Waals surface area (Å²) in [5, 5.41) is 2.14. The van der Waals surface area contributed by atoms with Crippen molar-refractivity contribution in [1.82, 2.24) is 8.75 Å². The fraction of sp³-hybridized carbons (Fsp3) is 0.222. The molecule has 1 unspecified atom stereocenters. The monoisotopic (exact) mass is 241 g/mol. The van der Waals surface area contributed by atoms with Crippen molar-refractivity contribution in [3.63, 3.8) is 0 Å². The summed E-state index contributed by atoms with van der Waals surface area (Å²) in [6.07, 6.45) is 0. The average Bonchev–Trinajstić information content (AvgIpc) is 2.66. The second-order valence-electron chi connectivity index (χ2n) is 3.04. The molecule has 0 fully saturated rings. The van der Waals surface area contributed by atoms with Gasteiger partial charge in [0.1, 0.15) is 16.4 Å². The fourth-order valence-electron chi connectivity index (χ4n) is 1.14. The first-order chi connectivity index (χ1) is 7.18. The number of carbonyl (C=O) groups excluding carboxylic acids is 1. The number of nitrogens with one attached hydrogen (secondary N) is 1. The van der Waals surface area contributed by atoms with Crippen molar-refractivity contribution in [1.29, 1.82) is 0 Å². The van der Waals surface area contributed by atoms with Gasteiger partial charge in [-0.25, -0.2) is 0 Å². The predicted molar refractivity (Wildman–Crippen MR) is 61.4 cm³/mol. The lowest BCUT2D eigenvalue weighted by Gasteiger charge is -2.06. The van der Waals surface area contributed by atoms with Crippen LogP contribution in [0.15, 0.2) is 18.2 Å². The number of benzene rings is 1. The van der Waals surface area contributed by atoms with E-state index in [1.165, 1.54) is 0 Å². The third-order valence-corrected chi connectivity index (χ3v) is 2.65. The van der Waals surface area contributed by atoms with Crippen LogP contribution in [-0.4, -0.2) is 20.0 Å². The first kappa shape index (κ1) is 10.3. The Bertz CT molecular complexity index is 497. The van der Waals surface area contributed by atoms with Crippen molar-refractivity contribution >= 4 is 46.0 Å². The highest BCUT2D eigenvalue weighted by Gasteiger charge is 2.12. The van der Waals surface area contributed by atoms with Crippen LogP contribution in [0.2, 0.25) is 0 Å². The quantitative estimate of drug-likeness (QED) is 0.821. The maximum atomic E-state index is 11.4. The molecule has 6 heteroatoms. The highest BCUT2D eigenvalue weighted by Crippen LogP contribution is 2.21. The Kier molecular flexibility index (Phi) is 2.83. The molecule has 78 valence electrons. The van der Waals surface area contributed by atoms with Gasteiger partial charge in [0.05, 0.1) is 17.4 Å². The lowest BCUT2D eigenvalue weighted by molar-refractivity contribution is -0.115. The van der Waals surface area contributed by atoms with Gasteiger partial charge in [-0.2, -0.15) is 8.75 Å². The minimum absolute atomic E-state index is 0.239. The topological polar surface area (TPSA) is 54.9 Å². The van der Waals surface area contributed by atoms with Crippen LogP contribution in [0.1, 0.15) is 6.92 Å². The van der Waals surface area contributed by atoms with E-state index in [0.717, 1.165) is 17.2 Å². The number of amides is 1. The Morgan fingerprint density at radius 1 is 1.53 bits per heavy atom. The van der Waals surface area contributed by atoms with Crippen molar-refractivity contribution in [2.75, 3.05) is 5.32 Å². The molecule has 0 bridgehead atoms. The van der Waals surface area contributed by atoms with Gasteiger partial charge in [0.25, 0.3) is 0 Å². The molecule has 1 heterocycles. The van der Waals surface area contributed by atoms with Crippen molar-refractivity contribution < 1.29 is 4.79 Å². The number of hydrogen-bond acceptors (Lipinski definition) is 4. The van der Waals surface area contributed by atoms with Crippen LogP contribution >= 0.6 is 23.3 Å². The zero-order valence-electron chi connectivity index (χ0n) is 7.90. The third kappa shape index (κ3) is 2.08. The molecular weight excluding hydrogens is 234 g/mol. The Morgan fingerprint density at radius 3 is 3.07 bits per heavy atom. The van der Waals surface area contributed by atoms with E-state index in [0.29, 0.717) is 11.2 Å². The smallest absolute Gasteiger partial charge is 0.242 e. The number of nitrogens with zero attached hydrogens (tertiary/aromatic N) is 2. The summed E-state index contributed by atoms with van der Waals surface area (Å²) in [5.41, 5.74) is 2.13. The fourth-order valence-corrected chi connectivity index (χ4v) is 1.74. The Hall–Kier alpha value is -1.20. The van der Waals surface area contributed by atoms with Crippen LogP contribution in [0.4, 0.5) is 5.69 Å². The van der Waals surface area contributed by atoms with E-state index in [-0.39, 0.29) is 5.91 Å². The highest BCUT2D eigenvalue weighted by atomic mass is 35.5. The second-order valence-corrected chi connectivity index (χ2v) is 4.23. The largest absolute Gasteiger partial charge is 0.323 e. The molecule has 2 aromatic rings. The summed E-state index contributed by atoms with van der Waals surface area (Å²) >= 11 is 6.78. The molecule has 0 saturated heterocycles. The Balaban J connectivity index is 2.35. The molecule has 0 aliphatic carbocycles. The zero-order valence-corrected chi connectivity index (χ0v) is 9.47. The third-order valence-electron chi connectivity index (χ3n) is 1.91. The van der Waals surface area contributed by atoms with Crippen LogP contribution in [-0.2, 0) is 4.79 Å². The van der Waals surface area contributed by atoms with Gasteiger partial charge in [0, 0.05) is 0 Å². The lowest BCUT2D eigenvalue weighted by Crippen LogP contribution is -2.20. The second kappa shape index (κ2) is 4.12. The molecule has 1 amide bonds. The number of anilines is 1. The standard InChI is InChI=1S/C9H8ClN3OS/c1-5(10)9(14)11-6-3-2-4-7-8(6)13-15-12-7/h2-5H,1H3,(H,11,14). The van der Waals surface area contributed by atoms with Crippen molar-refractivity contribution in [2.24, 2.45) is 0 Å². The van der Waals surface area contributed by atoms with Crippen LogP contribution < -0.4 is 5.32 Å². The molecule has 0 spiro atoms. The molecular formula is C9H8ClN3OS. The van der Waals surface area contributed by atoms with E-state index >= 15 is 0 Å². The molecule has 1 N–H and O–H groups in total. The van der Waals surface area contributed by atoms with Crippen molar-refractivity contribution in [3.05, 3.63) is 18.2 Å². The minimum atomic E-state index is -0.563. The number of fused-ring (bicyclic) bond motifs is 1. The SMILES string of the molecule is CC(Cl)C(=O)Nc1cccc2nsnc12. The predicted octanol–water partition coefficient (Wildman–Crippen LogP) is 2.26. The highest BCUT2D eigenvalue weighted by molar-refractivity contribution is 7.00. The maximum Gasteiger partial charge on any atom is 0.242 e. The molecule has 0 aliphatic rings. The lowest BCUT2D eigenvalue weighted by atomic mass is 10.2. The maximum absolute atomic E-state index is 11.4. The van der Waals surface area contributed by atoms with Gasteiger partial charge in [0.2, 0.25) is 5.91 Å². The van der Waals surface area contributed by atoms with Gasteiger partial charge in [-0.05, 0) is 19.1 Å². The van der Waals surface area contributed by atoms with E-state index in [1.54, 1.807) is 13.0 Å². The summed E-state index contributed by atoms with van der Waals surface area (Å²) in [4.78, 5) is 11.4. The first-order valence-corrected chi connectivity index (χ1v) is 5.51. The summed E-state index contributed by atoms with van der Waals surface area (Å²) in [6, 6.07) is 5.44. The van der Waals surface area contributed by atoms with E-state index in [2.05, 4.69) is 14.1 Å². The number of hydrogen-bond donors (Lipinski definition) is 1. The first-order valence-electron chi connectivity index (χ1n) is 4.34. The summed E-state index contributed by atoms with van der Waals surface area (Å²) in [7, 11) is 0. The number of aromatic nitrogens is 2. The van der Waals surface area contributed by atoms with Crippen molar-refractivity contribution in [2.45, 2.75) is 12.3 Å². The minimum Gasteiger partial charge on any atom is -0.323 e. The van der Waals surface area contributed by atoms with Crippen LogP contribution in [0.5, 0.6) is 0 Å². The number of halogens is 1. The van der Waals surface area contributed by atoms with E-state index in [9.17, 15) is 4.79 Å². The zero-order chi connectivity index (χ0) is 10.8. The molecule has 0 aliphatic heterocycles. The van der Waals surface area contributed by atoms with Gasteiger partial charge >= 0.3 is 0 Å². The number of rotatable bonds is 2. The van der Waals surface area contributed by atoms with Gasteiger partial charge < -0.3 is 5.32 Å². The van der Waals surface area contributed by atoms with Gasteiger partial charge in [-0.15, -0.1) is 11.6 Å². The average molecular weight is 242 g/mol.